The second-order valence-corrected chi connectivity index (χ2v) is 10.8. The Balaban J connectivity index is 1.78. The highest BCUT2D eigenvalue weighted by atomic mass is 31.1. The third kappa shape index (κ3) is 12.1. The summed E-state index contributed by atoms with van der Waals surface area (Å²) in [6.07, 6.45) is 7.74. The van der Waals surface area contributed by atoms with E-state index in [1.807, 2.05) is 30.3 Å². The minimum Gasteiger partial charge on any atom is -0.480 e. The maximum atomic E-state index is 13.2. The number of aliphatic carboxylic acids is 1. The lowest BCUT2D eigenvalue weighted by Crippen LogP contribution is -2.45. The first-order chi connectivity index (χ1) is 17.9. The smallest absolute Gasteiger partial charge is 0.480 e. The molecule has 2 rings (SSSR count). The van der Waals surface area contributed by atoms with Gasteiger partial charge >= 0.3 is 20.1 Å². The molecule has 206 valence electrons. The van der Waals surface area contributed by atoms with Crippen molar-refractivity contribution in [2.45, 2.75) is 96.3 Å². The minimum absolute atomic E-state index is 0.184. The van der Waals surface area contributed by atoms with Gasteiger partial charge in [-0.2, -0.15) is 0 Å². The van der Waals surface area contributed by atoms with Crippen molar-refractivity contribution in [1.29, 1.82) is 0 Å². The zero-order valence-electron chi connectivity index (χ0n) is 21.9. The van der Waals surface area contributed by atoms with Crippen LogP contribution in [0.15, 0.2) is 30.3 Å². The van der Waals surface area contributed by atoms with Crippen molar-refractivity contribution >= 4 is 26.0 Å². The number of carboxylic acids is 1. The lowest BCUT2D eigenvalue weighted by atomic mass is 10.1. The fourth-order valence-electron chi connectivity index (χ4n) is 4.33. The third-order valence-corrected chi connectivity index (χ3v) is 7.58. The van der Waals surface area contributed by atoms with E-state index in [-0.39, 0.29) is 6.61 Å². The van der Waals surface area contributed by atoms with Crippen molar-refractivity contribution in [3.8, 4) is 0 Å². The van der Waals surface area contributed by atoms with Gasteiger partial charge in [0.15, 0.2) is 12.3 Å². The lowest BCUT2D eigenvalue weighted by Gasteiger charge is -2.24. The number of alkyl carbamates (subject to hydrolysis) is 1. The Morgan fingerprint density at radius 1 is 1.08 bits per heavy atom. The zero-order chi connectivity index (χ0) is 26.9. The largest absolute Gasteiger partial charge is 0.508 e. The topological polar surface area (TPSA) is 122 Å². The molecule has 1 aromatic carbocycles. The summed E-state index contributed by atoms with van der Waals surface area (Å²) in [5.74, 6) is -1.44. The number of nitrogens with zero attached hydrogens (tertiary/aromatic N) is 1. The Kier molecular flexibility index (Phi) is 14.8. The number of amides is 2. The number of hydrogen-bond acceptors (Lipinski definition) is 6. The summed E-state index contributed by atoms with van der Waals surface area (Å²) < 4.78 is 23.5. The molecular weight excluding hydrogens is 495 g/mol. The van der Waals surface area contributed by atoms with Gasteiger partial charge in [-0.3, -0.25) is 4.79 Å². The predicted molar refractivity (Wildman–Crippen MR) is 142 cm³/mol. The molecule has 1 unspecified atom stereocenters. The summed E-state index contributed by atoms with van der Waals surface area (Å²) in [6, 6.07) is 8.52. The lowest BCUT2D eigenvalue weighted by molar-refractivity contribution is -0.151. The van der Waals surface area contributed by atoms with Gasteiger partial charge in [0.1, 0.15) is 12.6 Å². The van der Waals surface area contributed by atoms with Gasteiger partial charge in [0.2, 0.25) is 0 Å². The molecular formula is C27H42N2O7P+. The molecule has 1 fully saturated rings. The Morgan fingerprint density at radius 2 is 1.81 bits per heavy atom. The van der Waals surface area contributed by atoms with Crippen LogP contribution in [0.5, 0.6) is 0 Å². The first-order valence-corrected chi connectivity index (χ1v) is 14.9. The van der Waals surface area contributed by atoms with Crippen LogP contribution in [0.1, 0.15) is 83.1 Å². The molecule has 9 nitrogen and oxygen atoms in total. The van der Waals surface area contributed by atoms with Crippen molar-refractivity contribution in [3.63, 3.8) is 0 Å². The van der Waals surface area contributed by atoms with Crippen molar-refractivity contribution in [2.75, 3.05) is 19.3 Å². The molecule has 2 amide bonds. The predicted octanol–water partition coefficient (Wildman–Crippen LogP) is 5.65. The van der Waals surface area contributed by atoms with E-state index >= 15 is 0 Å². The molecule has 1 aliphatic rings. The maximum absolute atomic E-state index is 13.2. The van der Waals surface area contributed by atoms with Crippen LogP contribution < -0.4 is 5.32 Å². The number of rotatable bonds is 18. The normalized spacial score (nSPS) is 16.3. The fourth-order valence-corrected chi connectivity index (χ4v) is 5.40. The number of carbonyl (C=O) groups excluding carboxylic acids is 2. The van der Waals surface area contributed by atoms with Crippen molar-refractivity contribution in [2.24, 2.45) is 0 Å². The van der Waals surface area contributed by atoms with Gasteiger partial charge < -0.3 is 20.1 Å². The van der Waals surface area contributed by atoms with Crippen LogP contribution in [0.3, 0.4) is 0 Å². The van der Waals surface area contributed by atoms with E-state index in [1.165, 1.54) is 17.7 Å². The molecule has 0 aliphatic carbocycles. The number of ether oxygens (including phenoxy) is 1. The monoisotopic (exact) mass is 537 g/mol. The van der Waals surface area contributed by atoms with Crippen LogP contribution in [-0.2, 0) is 30.0 Å². The van der Waals surface area contributed by atoms with Crippen LogP contribution in [-0.4, -0.2) is 59.4 Å². The van der Waals surface area contributed by atoms with Crippen molar-refractivity contribution in [3.05, 3.63) is 35.9 Å². The molecule has 0 radical (unpaired) electrons. The summed E-state index contributed by atoms with van der Waals surface area (Å²) in [7, 11) is -2.02. The Hall–Kier alpha value is -2.51. The van der Waals surface area contributed by atoms with Gasteiger partial charge in [0.25, 0.3) is 5.91 Å². The molecule has 37 heavy (non-hydrogen) atoms. The Labute approximate surface area is 221 Å². The van der Waals surface area contributed by atoms with Gasteiger partial charge in [-0.1, -0.05) is 62.9 Å². The number of carboxylic acid groups (broad SMARTS) is 1. The molecule has 10 heteroatoms. The molecule has 0 spiro atoms. The zero-order valence-corrected chi connectivity index (χ0v) is 22.8. The average Bonchev–Trinajstić information content (AvgIpc) is 3.39. The molecule has 0 aromatic heterocycles. The molecule has 1 heterocycles. The number of hydrogen-bond donors (Lipinski definition) is 2. The van der Waals surface area contributed by atoms with E-state index in [0.717, 1.165) is 31.2 Å². The summed E-state index contributed by atoms with van der Waals surface area (Å²) >= 11 is 0. The number of nitrogens with one attached hydrogen (secondary N) is 1. The molecule has 1 saturated heterocycles. The highest BCUT2D eigenvalue weighted by Gasteiger charge is 2.40. The van der Waals surface area contributed by atoms with E-state index in [1.54, 1.807) is 0 Å². The van der Waals surface area contributed by atoms with E-state index in [2.05, 4.69) is 12.2 Å². The molecule has 0 bridgehead atoms. The van der Waals surface area contributed by atoms with Crippen molar-refractivity contribution in [1.82, 2.24) is 10.2 Å². The van der Waals surface area contributed by atoms with Crippen LogP contribution in [0.4, 0.5) is 4.79 Å². The molecule has 2 N–H and O–H groups in total. The highest BCUT2D eigenvalue weighted by molar-refractivity contribution is 7.39. The first kappa shape index (κ1) is 30.7. The fraction of sp³-hybridized carbons (Fsp3) is 0.667. The summed E-state index contributed by atoms with van der Waals surface area (Å²) in [5.41, 5.74) is 0.896. The van der Waals surface area contributed by atoms with E-state index in [0.29, 0.717) is 51.4 Å². The van der Waals surface area contributed by atoms with E-state index in [9.17, 15) is 24.1 Å². The van der Waals surface area contributed by atoms with Gasteiger partial charge in [0.05, 0.1) is 0 Å². The second-order valence-electron chi connectivity index (χ2n) is 9.43. The highest BCUT2D eigenvalue weighted by Crippen LogP contribution is 2.31. The summed E-state index contributed by atoms with van der Waals surface area (Å²) in [4.78, 5) is 38.0. The Bertz CT molecular complexity index is 852. The van der Waals surface area contributed by atoms with Gasteiger partial charge in [-0.05, 0) is 55.1 Å². The second kappa shape index (κ2) is 17.9. The number of carbonyl (C=O) groups is 3. The Morgan fingerprint density at radius 3 is 2.54 bits per heavy atom. The number of benzene rings is 1. The number of likely N-dealkylation sites (tertiary alicyclic amines) is 1. The van der Waals surface area contributed by atoms with Crippen molar-refractivity contribution < 1.29 is 33.3 Å². The molecule has 3 atom stereocenters. The van der Waals surface area contributed by atoms with Gasteiger partial charge in [-0.15, -0.1) is 4.52 Å². The SMILES string of the molecule is CCCCCCCC[P+](=O)O[C@@H](CCCCNC(=O)OCc1ccccc1)C(=O)N1CCC[C@H]1C(=O)O. The molecule has 0 saturated carbocycles. The van der Waals surface area contributed by atoms with E-state index in [4.69, 9.17) is 9.26 Å². The standard InChI is InChI=1S/C27H41N2O7P/c1-2-3-4-5-6-12-20-37(34)36-24(25(30)29-19-13-16-23(29)26(31)32)17-10-11-18-28-27(33)35-21-22-14-8-7-9-15-22/h7-9,14-15,23-24H,2-6,10-13,16-21H2,1H3,(H-,28,31,32,33)/p+1/t23-,24-/m0/s1. The molecule has 1 aliphatic heterocycles. The number of unbranched alkanes of at least 4 members (excludes halogenated alkanes) is 6. The minimum atomic E-state index is -2.02. The van der Waals surface area contributed by atoms with Gasteiger partial charge in [-0.25, -0.2) is 9.59 Å². The first-order valence-electron chi connectivity index (χ1n) is 13.5. The van der Waals surface area contributed by atoms with Crippen LogP contribution in [0, 0.1) is 0 Å². The quantitative estimate of drug-likeness (QED) is 0.183. The molecule has 1 aromatic rings. The van der Waals surface area contributed by atoms with Crippen LogP contribution in [0.2, 0.25) is 0 Å². The van der Waals surface area contributed by atoms with Crippen LogP contribution in [0.25, 0.3) is 0 Å². The van der Waals surface area contributed by atoms with Crippen LogP contribution >= 0.6 is 8.03 Å². The summed E-state index contributed by atoms with van der Waals surface area (Å²) in [5, 5.41) is 12.2. The van der Waals surface area contributed by atoms with E-state index < -0.39 is 38.1 Å². The summed E-state index contributed by atoms with van der Waals surface area (Å²) in [6.45, 7) is 3.06. The maximum Gasteiger partial charge on any atom is 0.508 e. The third-order valence-electron chi connectivity index (χ3n) is 6.41. The average molecular weight is 538 g/mol. The van der Waals surface area contributed by atoms with Gasteiger partial charge in [0, 0.05) is 13.1 Å².